The van der Waals surface area contributed by atoms with Crippen LogP contribution >= 0.6 is 0 Å². The Hall–Kier alpha value is -4.24. The molecule has 158 valence electrons. The molecule has 6 rings (SSSR count). The van der Waals surface area contributed by atoms with Crippen LogP contribution in [-0.2, 0) is 7.05 Å². The second-order valence-corrected chi connectivity index (χ2v) is 7.73. The van der Waals surface area contributed by atoms with Crippen LogP contribution in [0.2, 0.25) is 0 Å². The van der Waals surface area contributed by atoms with Gasteiger partial charge in [-0.2, -0.15) is 0 Å². The highest BCUT2D eigenvalue weighted by Crippen LogP contribution is 2.37. The molecule has 0 N–H and O–H groups in total. The van der Waals surface area contributed by atoms with Crippen LogP contribution < -0.4 is 4.57 Å². The van der Waals surface area contributed by atoms with Crippen molar-refractivity contribution in [1.82, 2.24) is 4.98 Å². The van der Waals surface area contributed by atoms with E-state index >= 15 is 0 Å². The molecule has 6 aromatic rings. The second-order valence-electron chi connectivity index (χ2n) is 7.73. The first-order valence-electron chi connectivity index (χ1n) is 14.9. The molecule has 0 aliphatic carbocycles. The first-order chi connectivity index (χ1) is 19.9. The number of hydrogen-bond acceptors (Lipinski definition) is 2. The third-order valence-electron chi connectivity index (χ3n) is 5.66. The van der Waals surface area contributed by atoms with Gasteiger partial charge in [0.1, 0.15) is 7.05 Å². The van der Waals surface area contributed by atoms with Gasteiger partial charge in [0, 0.05) is 28.5 Å². The highest BCUT2D eigenvalue weighted by atomic mass is 16.3. The molecule has 0 aliphatic heterocycles. The zero-order valence-electron chi connectivity index (χ0n) is 26.9. The molecule has 0 unspecified atom stereocenters. The monoisotopic (exact) mass is 436 g/mol. The van der Waals surface area contributed by atoms with E-state index in [1.165, 1.54) is 0 Å². The van der Waals surface area contributed by atoms with Crippen molar-refractivity contribution in [1.29, 1.82) is 0 Å². The van der Waals surface area contributed by atoms with Crippen LogP contribution in [0.25, 0.3) is 55.7 Å². The lowest BCUT2D eigenvalue weighted by Crippen LogP contribution is -2.30. The number of fused-ring (bicyclic) bond motifs is 3. The van der Waals surface area contributed by atoms with E-state index < -0.39 is 54.4 Å². The average Bonchev–Trinajstić information content (AvgIpc) is 3.34. The van der Waals surface area contributed by atoms with Crippen molar-refractivity contribution < 1.29 is 21.3 Å². The predicted molar refractivity (Wildman–Crippen MR) is 134 cm³/mol. The van der Waals surface area contributed by atoms with E-state index in [2.05, 4.69) is 4.98 Å². The van der Waals surface area contributed by atoms with Crippen LogP contribution in [0.4, 0.5) is 0 Å². The molecule has 0 aliphatic rings. The minimum Gasteiger partial charge on any atom is -0.437 e. The van der Waals surface area contributed by atoms with Crippen molar-refractivity contribution in [2.45, 2.75) is 6.92 Å². The lowest BCUT2D eigenvalue weighted by Gasteiger charge is -2.04. The maximum atomic E-state index is 8.75. The number of benzene rings is 3. The fourth-order valence-corrected chi connectivity index (χ4v) is 4.00. The van der Waals surface area contributed by atoms with Crippen LogP contribution in [-0.4, -0.2) is 4.98 Å². The van der Waals surface area contributed by atoms with Gasteiger partial charge in [-0.15, -0.1) is 0 Å². The maximum Gasteiger partial charge on any atom is 0.227 e. The zero-order valence-corrected chi connectivity index (χ0v) is 17.9. The Bertz CT molecular complexity index is 2060. The highest BCUT2D eigenvalue weighted by molar-refractivity contribution is 6.09. The molecule has 0 saturated carbocycles. The molecule has 3 nitrogen and oxygen atoms in total. The van der Waals surface area contributed by atoms with Crippen molar-refractivity contribution in [2.75, 3.05) is 0 Å². The number of rotatable bonds is 3. The summed E-state index contributed by atoms with van der Waals surface area (Å²) in [7, 11) is 1.95. The summed E-state index contributed by atoms with van der Waals surface area (Å²) >= 11 is 0. The lowest BCUT2D eigenvalue weighted by atomic mass is 10.0. The fourth-order valence-electron chi connectivity index (χ4n) is 4.00. The number of aromatic nitrogens is 2. The molecule has 3 heteroatoms. The lowest BCUT2D eigenvalue weighted by molar-refractivity contribution is -0.660. The first-order valence-corrected chi connectivity index (χ1v) is 10.4. The molecule has 0 fully saturated rings. The quantitative estimate of drug-likeness (QED) is 0.277. The molecule has 0 atom stereocenters. The van der Waals surface area contributed by atoms with E-state index in [4.69, 9.17) is 16.8 Å². The smallest absolute Gasteiger partial charge is 0.227 e. The van der Waals surface area contributed by atoms with Crippen LogP contribution in [0, 0.1) is 6.92 Å². The summed E-state index contributed by atoms with van der Waals surface area (Å²) in [6.45, 7) is 2.00. The molecular formula is C30H23N2O+. The molecule has 3 aromatic carbocycles. The van der Waals surface area contributed by atoms with E-state index in [0.29, 0.717) is 5.58 Å². The van der Waals surface area contributed by atoms with Gasteiger partial charge in [-0.25, -0.2) is 9.55 Å². The van der Waals surface area contributed by atoms with Gasteiger partial charge in [0.25, 0.3) is 0 Å². The Morgan fingerprint density at radius 1 is 0.788 bits per heavy atom. The van der Waals surface area contributed by atoms with Gasteiger partial charge in [0.05, 0.1) is 23.6 Å². The normalized spacial score (nSPS) is 15.2. The van der Waals surface area contributed by atoms with Crippen molar-refractivity contribution >= 4 is 22.1 Å². The molecule has 0 spiro atoms. The molecular weight excluding hydrogens is 404 g/mol. The molecule has 0 saturated heterocycles. The highest BCUT2D eigenvalue weighted by Gasteiger charge is 2.20. The van der Waals surface area contributed by atoms with Gasteiger partial charge in [0.2, 0.25) is 11.4 Å². The van der Waals surface area contributed by atoms with Crippen molar-refractivity contribution in [3.05, 3.63) is 109 Å². The number of hydrogen-bond donors (Lipinski definition) is 0. The van der Waals surface area contributed by atoms with Crippen molar-refractivity contribution in [3.63, 3.8) is 0 Å². The van der Waals surface area contributed by atoms with Crippen LogP contribution in [0.1, 0.15) is 17.9 Å². The summed E-state index contributed by atoms with van der Waals surface area (Å²) < 4.78 is 83.5. The Morgan fingerprint density at radius 3 is 2.30 bits per heavy atom. The summed E-state index contributed by atoms with van der Waals surface area (Å²) in [5.41, 5.74) is 3.06. The summed E-state index contributed by atoms with van der Waals surface area (Å²) in [4.78, 5) is 4.61. The molecule has 3 heterocycles. The van der Waals surface area contributed by atoms with Gasteiger partial charge in [-0.1, -0.05) is 66.5 Å². The standard InChI is InChI=1S/C30H23N2O/c1-20-11-16-24-25-17-18-26(23-14-12-22(13-15-23)21-8-4-3-5-9-21)31-30(25)33-29(24)28(20)27-10-6-7-19-32(27)2/h3-19H,1-2H3/q+1/i3D,4D,5D,8D,9D,12D,13D,14D,15D. The third kappa shape index (κ3) is 3.30. The minimum atomic E-state index is -0.623. The number of aryl methyl sites for hydroxylation is 2. The van der Waals surface area contributed by atoms with Crippen molar-refractivity contribution in [2.24, 2.45) is 7.05 Å². The second kappa shape index (κ2) is 7.72. The van der Waals surface area contributed by atoms with E-state index in [1.54, 1.807) is 12.1 Å². The predicted octanol–water partition coefficient (Wildman–Crippen LogP) is 7.11. The van der Waals surface area contributed by atoms with Gasteiger partial charge < -0.3 is 4.42 Å². The van der Waals surface area contributed by atoms with E-state index in [9.17, 15) is 0 Å². The average molecular weight is 437 g/mol. The van der Waals surface area contributed by atoms with Gasteiger partial charge in [0.15, 0.2) is 11.8 Å². The first kappa shape index (κ1) is 12.1. The van der Waals surface area contributed by atoms with Crippen molar-refractivity contribution in [3.8, 4) is 33.6 Å². The number of furan rings is 1. The van der Waals surface area contributed by atoms with Crippen LogP contribution in [0.3, 0.4) is 0 Å². The summed E-state index contributed by atoms with van der Waals surface area (Å²) in [5.74, 6) is 0. The van der Waals surface area contributed by atoms with Gasteiger partial charge in [-0.05, 0) is 41.8 Å². The summed E-state index contributed by atoms with van der Waals surface area (Å²) in [6, 6.07) is 8.18. The minimum absolute atomic E-state index is 0.0886. The Morgan fingerprint density at radius 2 is 1.52 bits per heavy atom. The fraction of sp³-hybridized carbons (Fsp3) is 0.0667. The summed E-state index contributed by atoms with van der Waals surface area (Å²) in [6.07, 6.45) is 1.95. The number of pyridine rings is 2. The van der Waals surface area contributed by atoms with E-state index in [1.807, 2.05) is 55.1 Å². The Labute approximate surface area is 205 Å². The van der Waals surface area contributed by atoms with Crippen LogP contribution in [0.15, 0.2) is 107 Å². The SMILES string of the molecule is [2H]c1c([2H])c([2H])c(-c2c([2H])c([2H])c(-c3ccc4c(n3)oc3c(-c5cccc[n+]5C)c(C)ccc34)c([2H])c2[2H])c([2H])c1[2H]. The van der Waals surface area contributed by atoms with Gasteiger partial charge >= 0.3 is 0 Å². The van der Waals surface area contributed by atoms with E-state index in [-0.39, 0.29) is 28.1 Å². The summed E-state index contributed by atoms with van der Waals surface area (Å²) in [5, 5.41) is 1.56. The number of nitrogens with zero attached hydrogens (tertiary/aromatic N) is 2. The molecule has 33 heavy (non-hydrogen) atoms. The maximum absolute atomic E-state index is 8.75. The third-order valence-corrected chi connectivity index (χ3v) is 5.66. The molecule has 0 bridgehead atoms. The van der Waals surface area contributed by atoms with E-state index in [0.717, 1.165) is 27.6 Å². The Kier molecular flexibility index (Phi) is 2.83. The topological polar surface area (TPSA) is 29.9 Å². The Balaban J connectivity index is 1.58. The van der Waals surface area contributed by atoms with Crippen LogP contribution in [0.5, 0.6) is 0 Å². The molecule has 0 amide bonds. The molecule has 3 aromatic heterocycles. The van der Waals surface area contributed by atoms with Gasteiger partial charge in [-0.3, -0.25) is 0 Å². The largest absolute Gasteiger partial charge is 0.437 e. The molecule has 0 radical (unpaired) electrons. The zero-order chi connectivity index (χ0) is 30.2.